The normalized spacial score (nSPS) is 13.7. The highest BCUT2D eigenvalue weighted by atomic mass is 32.1. The minimum absolute atomic E-state index is 0.114. The van der Waals surface area contributed by atoms with E-state index in [0.717, 1.165) is 24.5 Å². The van der Waals surface area contributed by atoms with Crippen LogP contribution in [0.5, 0.6) is 0 Å². The lowest BCUT2D eigenvalue weighted by molar-refractivity contribution is -0.120. The minimum Gasteiger partial charge on any atom is -0.477 e. The third kappa shape index (κ3) is 4.14. The van der Waals surface area contributed by atoms with Crippen molar-refractivity contribution in [3.63, 3.8) is 0 Å². The molecule has 0 aliphatic carbocycles. The molecule has 0 atom stereocenters. The molecule has 4 aromatic heterocycles. The molecule has 13 heteroatoms. The van der Waals surface area contributed by atoms with Crippen molar-refractivity contribution < 1.29 is 14.7 Å². The summed E-state index contributed by atoms with van der Waals surface area (Å²) in [5.74, 6) is -0.556. The van der Waals surface area contributed by atoms with E-state index in [4.69, 9.17) is 0 Å². The number of hydrogen-bond acceptors (Lipinski definition) is 9. The zero-order chi connectivity index (χ0) is 24.7. The monoisotopic (exact) mass is 494 g/mol. The number of fused-ring (bicyclic) bond motifs is 1. The Balaban J connectivity index is 1.41. The van der Waals surface area contributed by atoms with E-state index in [1.807, 2.05) is 11.1 Å². The predicted molar refractivity (Wildman–Crippen MR) is 129 cm³/mol. The van der Waals surface area contributed by atoms with Gasteiger partial charge in [-0.05, 0) is 25.0 Å². The van der Waals surface area contributed by atoms with E-state index in [0.29, 0.717) is 41.1 Å². The topological polar surface area (TPSA) is 148 Å². The first kappa shape index (κ1) is 22.7. The standard InChI is InChI=1S/C22H22N8O4S/c1-3-5-29-6-4-15(27-29)25-20(32)13-8-28(9-13)16-7-12(2)17-18(31)14(21(33)34)10-30(19(17)26-16)22-23-11-24-35-22/h4,6-7,10-11,13H,3,5,8-9H2,1-2H3,(H,33,34)(H,25,27,32). The number of hydrogen-bond donors (Lipinski definition) is 2. The van der Waals surface area contributed by atoms with Crippen LogP contribution in [0, 0.1) is 12.8 Å². The number of aryl methyl sites for hydroxylation is 2. The summed E-state index contributed by atoms with van der Waals surface area (Å²) >= 11 is 1.06. The maximum absolute atomic E-state index is 12.9. The summed E-state index contributed by atoms with van der Waals surface area (Å²) < 4.78 is 7.25. The molecule has 35 heavy (non-hydrogen) atoms. The summed E-state index contributed by atoms with van der Waals surface area (Å²) in [7, 11) is 0. The average molecular weight is 495 g/mol. The van der Waals surface area contributed by atoms with Crippen LogP contribution in [0.4, 0.5) is 11.6 Å². The number of amides is 1. The van der Waals surface area contributed by atoms with Gasteiger partial charge < -0.3 is 15.3 Å². The largest absolute Gasteiger partial charge is 0.477 e. The molecule has 1 amide bonds. The van der Waals surface area contributed by atoms with Crippen LogP contribution in [-0.2, 0) is 11.3 Å². The number of pyridine rings is 2. The van der Waals surface area contributed by atoms with Gasteiger partial charge in [-0.1, -0.05) is 6.92 Å². The predicted octanol–water partition coefficient (Wildman–Crippen LogP) is 1.93. The maximum Gasteiger partial charge on any atom is 0.341 e. The van der Waals surface area contributed by atoms with Crippen LogP contribution in [0.25, 0.3) is 16.2 Å². The van der Waals surface area contributed by atoms with Gasteiger partial charge in [0.05, 0.1) is 11.3 Å². The quantitative estimate of drug-likeness (QED) is 0.393. The molecule has 0 bridgehead atoms. The molecule has 0 unspecified atom stereocenters. The van der Waals surface area contributed by atoms with Gasteiger partial charge in [0.15, 0.2) is 11.5 Å². The van der Waals surface area contributed by atoms with Crippen LogP contribution in [0.1, 0.15) is 29.3 Å². The molecule has 5 rings (SSSR count). The van der Waals surface area contributed by atoms with Crippen molar-refractivity contribution in [1.82, 2.24) is 28.7 Å². The molecule has 2 N–H and O–H groups in total. The highest BCUT2D eigenvalue weighted by molar-refractivity contribution is 7.08. The van der Waals surface area contributed by atoms with E-state index in [1.165, 1.54) is 17.1 Å². The highest BCUT2D eigenvalue weighted by Crippen LogP contribution is 2.28. The van der Waals surface area contributed by atoms with Crippen molar-refractivity contribution >= 4 is 46.1 Å². The maximum atomic E-state index is 12.9. The molecular weight excluding hydrogens is 472 g/mol. The third-order valence-electron chi connectivity index (χ3n) is 5.85. The molecule has 1 aliphatic heterocycles. The van der Waals surface area contributed by atoms with Crippen molar-refractivity contribution in [1.29, 1.82) is 0 Å². The van der Waals surface area contributed by atoms with Crippen molar-refractivity contribution in [3.8, 4) is 5.13 Å². The van der Waals surface area contributed by atoms with Crippen molar-refractivity contribution in [3.05, 3.63) is 52.2 Å². The molecule has 1 aliphatic rings. The van der Waals surface area contributed by atoms with E-state index in [-0.39, 0.29) is 22.8 Å². The molecule has 0 radical (unpaired) electrons. The molecule has 180 valence electrons. The van der Waals surface area contributed by atoms with Gasteiger partial charge >= 0.3 is 5.97 Å². The molecule has 1 fully saturated rings. The van der Waals surface area contributed by atoms with E-state index >= 15 is 0 Å². The third-order valence-corrected chi connectivity index (χ3v) is 6.51. The molecule has 0 spiro atoms. The average Bonchev–Trinajstić information content (AvgIpc) is 3.45. The Morgan fingerprint density at radius 2 is 2.11 bits per heavy atom. The van der Waals surface area contributed by atoms with Crippen LogP contribution in [-0.4, -0.2) is 58.8 Å². The summed E-state index contributed by atoms with van der Waals surface area (Å²) in [6, 6.07) is 3.51. The summed E-state index contributed by atoms with van der Waals surface area (Å²) in [6.45, 7) is 5.49. The molecule has 4 aromatic rings. The van der Waals surface area contributed by atoms with Crippen LogP contribution >= 0.6 is 11.5 Å². The van der Waals surface area contributed by atoms with Crippen molar-refractivity contribution in [2.24, 2.45) is 5.92 Å². The Kier molecular flexibility index (Phi) is 5.76. The smallest absolute Gasteiger partial charge is 0.341 e. The van der Waals surface area contributed by atoms with Gasteiger partial charge in [0.25, 0.3) is 0 Å². The van der Waals surface area contributed by atoms with Gasteiger partial charge in [-0.25, -0.2) is 14.8 Å². The Hall–Kier alpha value is -4.13. The van der Waals surface area contributed by atoms with E-state index in [1.54, 1.807) is 23.7 Å². The van der Waals surface area contributed by atoms with Gasteiger partial charge in [0.2, 0.25) is 16.5 Å². The van der Waals surface area contributed by atoms with Gasteiger partial charge in [0, 0.05) is 49.6 Å². The number of carbonyl (C=O) groups excluding carboxylic acids is 1. The number of anilines is 2. The van der Waals surface area contributed by atoms with Crippen molar-refractivity contribution in [2.45, 2.75) is 26.8 Å². The summed E-state index contributed by atoms with van der Waals surface area (Å²) in [5.41, 5.74) is -0.0903. The zero-order valence-electron chi connectivity index (χ0n) is 19.0. The molecule has 5 heterocycles. The number of carboxylic acids is 1. The Bertz CT molecular complexity index is 1490. The number of rotatable bonds is 7. The lowest BCUT2D eigenvalue weighted by atomic mass is 9.98. The van der Waals surface area contributed by atoms with Crippen LogP contribution in [0.3, 0.4) is 0 Å². The van der Waals surface area contributed by atoms with Crippen LogP contribution in [0.15, 0.2) is 35.6 Å². The number of nitrogens with one attached hydrogen (secondary N) is 1. The van der Waals surface area contributed by atoms with Crippen LogP contribution < -0.4 is 15.6 Å². The lowest BCUT2D eigenvalue weighted by Crippen LogP contribution is -2.52. The Morgan fingerprint density at radius 1 is 1.31 bits per heavy atom. The molecule has 0 aromatic carbocycles. The van der Waals surface area contributed by atoms with E-state index < -0.39 is 11.4 Å². The number of nitrogens with zero attached hydrogens (tertiary/aromatic N) is 7. The van der Waals surface area contributed by atoms with Crippen LogP contribution in [0.2, 0.25) is 0 Å². The zero-order valence-corrected chi connectivity index (χ0v) is 19.8. The SMILES string of the molecule is CCCn1ccc(NC(=O)C2CN(c3cc(C)c4c(=O)c(C(=O)O)cn(-c5ncns5)c4n3)C2)n1. The van der Waals surface area contributed by atoms with E-state index in [9.17, 15) is 19.5 Å². The first-order chi connectivity index (χ1) is 16.9. The van der Waals surface area contributed by atoms with Gasteiger partial charge in [-0.2, -0.15) is 9.47 Å². The first-order valence-electron chi connectivity index (χ1n) is 11.0. The summed E-state index contributed by atoms with van der Waals surface area (Å²) in [4.78, 5) is 48.0. The number of carbonyl (C=O) groups is 2. The number of carboxylic acid groups (broad SMARTS) is 1. The summed E-state index contributed by atoms with van der Waals surface area (Å²) in [6.07, 6.45) is 5.37. The Labute approximate surface area is 203 Å². The molecular formula is C22H22N8O4S. The van der Waals surface area contributed by atoms with E-state index in [2.05, 4.69) is 31.7 Å². The van der Waals surface area contributed by atoms with Gasteiger partial charge in [0.1, 0.15) is 17.7 Å². The fourth-order valence-corrected chi connectivity index (χ4v) is 4.56. The lowest BCUT2D eigenvalue weighted by Gasteiger charge is -2.39. The fourth-order valence-electron chi connectivity index (χ4n) is 4.05. The van der Waals surface area contributed by atoms with Gasteiger partial charge in [-0.3, -0.25) is 18.8 Å². The number of aromatic carboxylic acids is 1. The second-order valence-corrected chi connectivity index (χ2v) is 9.08. The summed E-state index contributed by atoms with van der Waals surface area (Å²) in [5, 5.41) is 17.3. The molecule has 1 saturated heterocycles. The highest BCUT2D eigenvalue weighted by Gasteiger charge is 2.34. The number of aromatic nitrogens is 6. The molecule has 0 saturated carbocycles. The first-order valence-corrected chi connectivity index (χ1v) is 11.8. The molecule has 12 nitrogen and oxygen atoms in total. The fraction of sp³-hybridized carbons (Fsp3) is 0.318. The second-order valence-electron chi connectivity index (χ2n) is 8.32. The Morgan fingerprint density at radius 3 is 2.80 bits per heavy atom. The van der Waals surface area contributed by atoms with Crippen molar-refractivity contribution in [2.75, 3.05) is 23.3 Å². The minimum atomic E-state index is -1.32. The van der Waals surface area contributed by atoms with Gasteiger partial charge in [-0.15, -0.1) is 0 Å². The second kappa shape index (κ2) is 8.91.